The molecule has 2 aromatic rings. The van der Waals surface area contributed by atoms with E-state index in [-0.39, 0.29) is 35.9 Å². The van der Waals surface area contributed by atoms with Crippen LogP contribution in [-0.4, -0.2) is 77.8 Å². The Kier molecular flexibility index (Phi) is 10.9. The second-order valence-electron chi connectivity index (χ2n) is 10.5. The topological polar surface area (TPSA) is 127 Å². The number of hydrogen-bond acceptors (Lipinski definition) is 9. The predicted molar refractivity (Wildman–Crippen MR) is 159 cm³/mol. The maximum Gasteiger partial charge on any atom is 0.413 e. The molecule has 12 nitrogen and oxygen atoms in total. The van der Waals surface area contributed by atoms with Crippen molar-refractivity contribution < 1.29 is 28.6 Å². The number of anilines is 2. The predicted octanol–water partition coefficient (Wildman–Crippen LogP) is 4.07. The molecule has 0 bridgehead atoms. The Labute approximate surface area is 246 Å². The summed E-state index contributed by atoms with van der Waals surface area (Å²) in [6, 6.07) is 9.47. The summed E-state index contributed by atoms with van der Waals surface area (Å²) in [4.78, 5) is 46.3. The molecule has 1 aliphatic heterocycles. The molecule has 1 fully saturated rings. The van der Waals surface area contributed by atoms with E-state index in [1.54, 1.807) is 25.5 Å². The fourth-order valence-electron chi connectivity index (χ4n) is 4.41. The Hall–Kier alpha value is -3.87. The molecule has 2 N–H and O–H groups in total. The van der Waals surface area contributed by atoms with E-state index >= 15 is 0 Å². The highest BCUT2D eigenvalue weighted by atomic mass is 32.1. The van der Waals surface area contributed by atoms with Gasteiger partial charge in [-0.15, -0.1) is 0 Å². The van der Waals surface area contributed by atoms with Crippen LogP contribution in [0.3, 0.4) is 0 Å². The van der Waals surface area contributed by atoms with Gasteiger partial charge in [0.25, 0.3) is 0 Å². The maximum atomic E-state index is 13.4. The lowest BCUT2D eigenvalue weighted by Gasteiger charge is -2.34. The SMILES string of the molecule is CCOC(=O)NC(=S)N(C)c1nc(N2CCCC(NC(=O)OC(C)(C)C)C2)n(Cc2ccccc2)c1C(=O)OCC. The van der Waals surface area contributed by atoms with E-state index in [1.165, 1.54) is 4.90 Å². The van der Waals surface area contributed by atoms with Crippen LogP contribution in [0.15, 0.2) is 30.3 Å². The summed E-state index contributed by atoms with van der Waals surface area (Å²) in [6.07, 6.45) is 0.347. The molecule has 1 aromatic carbocycles. The van der Waals surface area contributed by atoms with Gasteiger partial charge in [-0.3, -0.25) is 9.88 Å². The Morgan fingerprint density at radius 3 is 2.41 bits per heavy atom. The van der Waals surface area contributed by atoms with Crippen molar-refractivity contribution in [2.24, 2.45) is 0 Å². The average Bonchev–Trinajstić information content (AvgIpc) is 3.27. The van der Waals surface area contributed by atoms with Crippen LogP contribution in [0.1, 0.15) is 63.5 Å². The normalized spacial score (nSPS) is 15.1. The van der Waals surface area contributed by atoms with Crippen molar-refractivity contribution in [1.82, 2.24) is 20.2 Å². The molecule has 1 aromatic heterocycles. The zero-order chi connectivity index (χ0) is 30.2. The van der Waals surface area contributed by atoms with Crippen molar-refractivity contribution >= 4 is 47.3 Å². The summed E-state index contributed by atoms with van der Waals surface area (Å²) in [7, 11) is 1.61. The fourth-order valence-corrected chi connectivity index (χ4v) is 4.58. The Balaban J connectivity index is 2.03. The third-order valence-electron chi connectivity index (χ3n) is 6.11. The number of ether oxygens (including phenoxy) is 3. The van der Waals surface area contributed by atoms with E-state index in [2.05, 4.69) is 10.6 Å². The number of thiocarbonyl (C=S) groups is 1. The number of benzene rings is 1. The molecule has 3 rings (SSSR count). The number of nitrogens with one attached hydrogen (secondary N) is 2. The minimum atomic E-state index is -0.710. The van der Waals surface area contributed by atoms with E-state index < -0.39 is 23.8 Å². The molecule has 2 heterocycles. The van der Waals surface area contributed by atoms with Crippen LogP contribution in [0.2, 0.25) is 0 Å². The first-order chi connectivity index (χ1) is 19.4. The van der Waals surface area contributed by atoms with Crippen LogP contribution in [0, 0.1) is 0 Å². The number of rotatable bonds is 8. The van der Waals surface area contributed by atoms with Gasteiger partial charge in [-0.1, -0.05) is 30.3 Å². The van der Waals surface area contributed by atoms with Crippen LogP contribution in [0.4, 0.5) is 21.4 Å². The fraction of sp³-hybridized carbons (Fsp3) is 0.536. The highest BCUT2D eigenvalue weighted by Gasteiger charge is 2.33. The minimum Gasteiger partial charge on any atom is -0.461 e. The number of amides is 2. The van der Waals surface area contributed by atoms with E-state index in [0.29, 0.717) is 25.6 Å². The summed E-state index contributed by atoms with van der Waals surface area (Å²) < 4.78 is 17.7. The monoisotopic (exact) mass is 588 g/mol. The first kappa shape index (κ1) is 31.7. The molecule has 1 aliphatic rings. The lowest BCUT2D eigenvalue weighted by atomic mass is 10.1. The largest absolute Gasteiger partial charge is 0.461 e. The van der Waals surface area contributed by atoms with Gasteiger partial charge in [0.05, 0.1) is 19.8 Å². The summed E-state index contributed by atoms with van der Waals surface area (Å²) >= 11 is 5.45. The number of carbonyl (C=O) groups excluding carboxylic acids is 3. The first-order valence-corrected chi connectivity index (χ1v) is 14.1. The zero-order valence-electron chi connectivity index (χ0n) is 24.6. The Morgan fingerprint density at radius 2 is 1.78 bits per heavy atom. The van der Waals surface area contributed by atoms with E-state index in [4.69, 9.17) is 31.4 Å². The summed E-state index contributed by atoms with van der Waals surface area (Å²) in [5.74, 6) is 0.148. The number of alkyl carbamates (subject to hydrolysis) is 2. The highest BCUT2D eigenvalue weighted by molar-refractivity contribution is 7.80. The standard InChI is InChI=1S/C28H40N6O6S/c1-7-38-23(35)21-22(32(6)25(41)31-26(36)39-8-2)30-24(34(21)17-19-13-10-9-11-14-19)33-16-12-15-20(18-33)29-27(37)40-28(3,4)5/h9-11,13-14,20H,7-8,12,15-18H2,1-6H3,(H,29,37)(H,31,36,41). The molecule has 0 aliphatic carbocycles. The van der Waals surface area contributed by atoms with E-state index in [1.807, 2.05) is 56.0 Å². The smallest absolute Gasteiger partial charge is 0.413 e. The molecule has 13 heteroatoms. The average molecular weight is 589 g/mol. The van der Waals surface area contributed by atoms with Gasteiger partial charge in [0, 0.05) is 26.2 Å². The van der Waals surface area contributed by atoms with Crippen LogP contribution in [0.5, 0.6) is 0 Å². The van der Waals surface area contributed by atoms with Gasteiger partial charge in [-0.25, -0.2) is 14.4 Å². The van der Waals surface area contributed by atoms with E-state index in [0.717, 1.165) is 18.4 Å². The number of nitrogens with zero attached hydrogens (tertiary/aromatic N) is 4. The molecule has 224 valence electrons. The zero-order valence-corrected chi connectivity index (χ0v) is 25.4. The molecule has 1 saturated heterocycles. The molecule has 0 saturated carbocycles. The van der Waals surface area contributed by atoms with Crippen LogP contribution >= 0.6 is 12.2 Å². The van der Waals surface area contributed by atoms with Gasteiger partial charge in [0.1, 0.15) is 5.60 Å². The summed E-state index contributed by atoms with van der Waals surface area (Å²) in [5.41, 5.74) is 0.510. The number of hydrogen-bond donors (Lipinski definition) is 2. The lowest BCUT2D eigenvalue weighted by molar-refractivity contribution is 0.0495. The summed E-state index contributed by atoms with van der Waals surface area (Å²) in [5, 5.41) is 5.47. The van der Waals surface area contributed by atoms with Gasteiger partial charge in [0.15, 0.2) is 16.6 Å². The quantitative estimate of drug-likeness (QED) is 0.265. The van der Waals surface area contributed by atoms with Gasteiger partial charge in [-0.05, 0) is 65.2 Å². The van der Waals surface area contributed by atoms with Crippen molar-refractivity contribution in [2.75, 3.05) is 43.2 Å². The third-order valence-corrected chi connectivity index (χ3v) is 6.49. The molecular weight excluding hydrogens is 548 g/mol. The molecule has 1 unspecified atom stereocenters. The number of piperidine rings is 1. The van der Waals surface area contributed by atoms with Gasteiger partial charge in [0.2, 0.25) is 5.95 Å². The van der Waals surface area contributed by atoms with E-state index in [9.17, 15) is 14.4 Å². The van der Waals surface area contributed by atoms with Crippen LogP contribution in [-0.2, 0) is 20.8 Å². The number of esters is 1. The molecule has 41 heavy (non-hydrogen) atoms. The van der Waals surface area contributed by atoms with Crippen molar-refractivity contribution in [3.8, 4) is 0 Å². The Bertz CT molecular complexity index is 1230. The molecule has 0 radical (unpaired) electrons. The third kappa shape index (κ3) is 8.81. The van der Waals surface area contributed by atoms with Crippen LogP contribution < -0.4 is 20.4 Å². The van der Waals surface area contributed by atoms with Crippen molar-refractivity contribution in [2.45, 2.75) is 65.6 Å². The molecular formula is C28H40N6O6S. The lowest BCUT2D eigenvalue weighted by Crippen LogP contribution is -2.49. The second kappa shape index (κ2) is 14.2. The van der Waals surface area contributed by atoms with Gasteiger partial charge in [-0.2, -0.15) is 4.98 Å². The minimum absolute atomic E-state index is 0.00743. The van der Waals surface area contributed by atoms with Crippen molar-refractivity contribution in [3.63, 3.8) is 0 Å². The summed E-state index contributed by atoms with van der Waals surface area (Å²) in [6.45, 7) is 10.6. The number of carbonyl (C=O) groups is 3. The number of imidazole rings is 1. The molecule has 2 amide bonds. The van der Waals surface area contributed by atoms with Gasteiger partial charge < -0.3 is 29.3 Å². The Morgan fingerprint density at radius 1 is 1.10 bits per heavy atom. The maximum absolute atomic E-state index is 13.4. The molecule has 0 spiro atoms. The first-order valence-electron chi connectivity index (χ1n) is 13.7. The molecule has 1 atom stereocenters. The highest BCUT2D eigenvalue weighted by Crippen LogP contribution is 2.30. The number of aromatic nitrogens is 2. The second-order valence-corrected chi connectivity index (χ2v) is 10.9. The van der Waals surface area contributed by atoms with Crippen LogP contribution in [0.25, 0.3) is 0 Å². The van der Waals surface area contributed by atoms with Crippen molar-refractivity contribution in [3.05, 3.63) is 41.6 Å². The van der Waals surface area contributed by atoms with Gasteiger partial charge >= 0.3 is 18.2 Å². The van der Waals surface area contributed by atoms with Crippen molar-refractivity contribution in [1.29, 1.82) is 0 Å².